The summed E-state index contributed by atoms with van der Waals surface area (Å²) in [7, 11) is -1.47. The van der Waals surface area contributed by atoms with Crippen molar-refractivity contribution >= 4 is 19.2 Å². The average Bonchev–Trinajstić information content (AvgIpc) is 2.63. The van der Waals surface area contributed by atoms with Gasteiger partial charge in [0.1, 0.15) is 0 Å². The first kappa shape index (κ1) is 21.7. The lowest BCUT2D eigenvalue weighted by molar-refractivity contribution is -0.139. The average molecular weight is 361 g/mol. The third kappa shape index (κ3) is 7.60. The van der Waals surface area contributed by atoms with E-state index in [2.05, 4.69) is 50.8 Å². The molecule has 1 rings (SSSR count). The molecule has 1 aromatic carbocycles. The molecular weight excluding hydrogens is 324 g/mol. The fraction of sp³-hybridized carbons (Fsp3) is 0.591. The number of esters is 1. The first-order valence-electron chi connectivity index (χ1n) is 9.94. The Kier molecular flexibility index (Phi) is 10.5. The highest BCUT2D eigenvalue weighted by molar-refractivity contribution is 6.91. The van der Waals surface area contributed by atoms with Crippen molar-refractivity contribution in [3.63, 3.8) is 0 Å². The highest BCUT2D eigenvalue weighted by Gasteiger charge is 2.32. The van der Waals surface area contributed by atoms with Gasteiger partial charge in [-0.2, -0.15) is 0 Å². The predicted octanol–water partition coefficient (Wildman–Crippen LogP) is 5.84. The van der Waals surface area contributed by atoms with Gasteiger partial charge in [-0.1, -0.05) is 106 Å². The van der Waals surface area contributed by atoms with Crippen LogP contribution in [0.25, 0.3) is 0 Å². The van der Waals surface area contributed by atoms with Crippen LogP contribution >= 0.6 is 0 Å². The van der Waals surface area contributed by atoms with E-state index in [0.717, 1.165) is 12.8 Å². The van der Waals surface area contributed by atoms with Crippen LogP contribution in [0.5, 0.6) is 0 Å². The maximum absolute atomic E-state index is 11.5. The summed E-state index contributed by atoms with van der Waals surface area (Å²) in [4.78, 5) is 11.5. The van der Waals surface area contributed by atoms with Gasteiger partial charge in [0.05, 0.1) is 14.7 Å². The third-order valence-corrected chi connectivity index (χ3v) is 10.5. The van der Waals surface area contributed by atoms with Crippen LogP contribution in [0.15, 0.2) is 42.5 Å². The van der Waals surface area contributed by atoms with E-state index in [9.17, 15) is 4.79 Å². The summed E-state index contributed by atoms with van der Waals surface area (Å²) in [5.74, 6) is -0.261. The van der Waals surface area contributed by atoms with Gasteiger partial charge in [0.15, 0.2) is 0 Å². The number of carbonyl (C=O) groups is 1. The first-order chi connectivity index (χ1) is 12.1. The van der Waals surface area contributed by atoms with Crippen LogP contribution < -0.4 is 5.19 Å². The maximum atomic E-state index is 11.5. The second-order valence-electron chi connectivity index (χ2n) is 7.23. The fourth-order valence-electron chi connectivity index (χ4n) is 3.48. The molecule has 0 aromatic heterocycles. The molecule has 0 aliphatic carbocycles. The van der Waals surface area contributed by atoms with Crippen LogP contribution in [0.2, 0.25) is 18.1 Å². The minimum atomic E-state index is -1.47. The zero-order valence-electron chi connectivity index (χ0n) is 16.5. The Balaban J connectivity index is 2.72. The molecule has 0 spiro atoms. The van der Waals surface area contributed by atoms with E-state index < -0.39 is 8.07 Å². The summed E-state index contributed by atoms with van der Waals surface area (Å²) in [5.41, 5.74) is 0.485. The molecule has 0 aliphatic rings. The molecule has 0 atom stereocenters. The maximum Gasteiger partial charge on any atom is 0.333 e. The summed E-state index contributed by atoms with van der Waals surface area (Å²) in [6.45, 7) is 10.4. The Hall–Kier alpha value is -1.35. The summed E-state index contributed by atoms with van der Waals surface area (Å²) < 4.78 is 5.26. The Morgan fingerprint density at radius 1 is 0.960 bits per heavy atom. The molecule has 0 aliphatic heterocycles. The van der Waals surface area contributed by atoms with Gasteiger partial charge in [-0.25, -0.2) is 4.79 Å². The van der Waals surface area contributed by atoms with Crippen molar-refractivity contribution in [1.82, 2.24) is 0 Å². The lowest BCUT2D eigenvalue weighted by Crippen LogP contribution is -2.47. The molecule has 0 amide bonds. The smallest absolute Gasteiger partial charge is 0.333 e. The van der Waals surface area contributed by atoms with E-state index in [-0.39, 0.29) is 5.97 Å². The predicted molar refractivity (Wildman–Crippen MR) is 111 cm³/mol. The SMILES string of the molecule is C=C(C)C(=O)OCCCC[Si](CCCC)(CCCC)c1ccccc1. The molecule has 3 heteroatoms. The summed E-state index contributed by atoms with van der Waals surface area (Å²) >= 11 is 0. The number of unbranched alkanes of at least 4 members (excludes halogenated alkanes) is 3. The first-order valence-corrected chi connectivity index (χ1v) is 12.6. The van der Waals surface area contributed by atoms with Crippen LogP contribution in [0.1, 0.15) is 59.3 Å². The van der Waals surface area contributed by atoms with Gasteiger partial charge in [0.2, 0.25) is 0 Å². The van der Waals surface area contributed by atoms with Crippen LogP contribution in [0.3, 0.4) is 0 Å². The Morgan fingerprint density at radius 2 is 1.52 bits per heavy atom. The van der Waals surface area contributed by atoms with Crippen molar-refractivity contribution in [2.75, 3.05) is 6.61 Å². The van der Waals surface area contributed by atoms with Gasteiger partial charge in [-0.15, -0.1) is 0 Å². The molecule has 2 nitrogen and oxygen atoms in total. The van der Waals surface area contributed by atoms with E-state index in [0.29, 0.717) is 12.2 Å². The molecule has 0 fully saturated rings. The Morgan fingerprint density at radius 3 is 2.04 bits per heavy atom. The van der Waals surface area contributed by atoms with Crippen molar-refractivity contribution in [1.29, 1.82) is 0 Å². The van der Waals surface area contributed by atoms with Crippen molar-refractivity contribution in [2.45, 2.75) is 77.4 Å². The number of rotatable bonds is 13. The van der Waals surface area contributed by atoms with Crippen molar-refractivity contribution in [3.8, 4) is 0 Å². The molecule has 0 bridgehead atoms. The number of ether oxygens (including phenoxy) is 1. The second kappa shape index (κ2) is 12.1. The van der Waals surface area contributed by atoms with Crippen LogP contribution in [0, 0.1) is 0 Å². The van der Waals surface area contributed by atoms with Crippen LogP contribution in [-0.4, -0.2) is 20.7 Å². The van der Waals surface area contributed by atoms with Gasteiger partial charge in [0.25, 0.3) is 0 Å². The summed E-state index contributed by atoms with van der Waals surface area (Å²) in [6.07, 6.45) is 7.30. The third-order valence-electron chi connectivity index (χ3n) is 5.04. The molecule has 25 heavy (non-hydrogen) atoms. The monoisotopic (exact) mass is 360 g/mol. The number of carbonyl (C=O) groups excluding carboxylic acids is 1. The van der Waals surface area contributed by atoms with Gasteiger partial charge in [0, 0.05) is 5.57 Å². The second-order valence-corrected chi connectivity index (χ2v) is 11.9. The summed E-state index contributed by atoms with van der Waals surface area (Å²) in [5, 5.41) is 1.62. The lowest BCUT2D eigenvalue weighted by atomic mass is 10.3. The van der Waals surface area contributed by atoms with E-state index in [1.807, 2.05) is 0 Å². The van der Waals surface area contributed by atoms with E-state index in [1.165, 1.54) is 43.8 Å². The molecule has 0 radical (unpaired) electrons. The van der Waals surface area contributed by atoms with E-state index in [1.54, 1.807) is 12.1 Å². The van der Waals surface area contributed by atoms with Crippen LogP contribution in [-0.2, 0) is 9.53 Å². The minimum Gasteiger partial charge on any atom is -0.462 e. The molecule has 140 valence electrons. The number of benzene rings is 1. The number of hydrogen-bond acceptors (Lipinski definition) is 2. The molecule has 1 aromatic rings. The van der Waals surface area contributed by atoms with Gasteiger partial charge < -0.3 is 4.74 Å². The largest absolute Gasteiger partial charge is 0.462 e. The Labute approximate surface area is 155 Å². The van der Waals surface area contributed by atoms with Gasteiger partial charge in [-0.3, -0.25) is 0 Å². The quantitative estimate of drug-likeness (QED) is 0.191. The zero-order valence-corrected chi connectivity index (χ0v) is 17.5. The Bertz CT molecular complexity index is 502. The van der Waals surface area contributed by atoms with Crippen molar-refractivity contribution in [2.24, 2.45) is 0 Å². The molecule has 0 N–H and O–H groups in total. The molecular formula is C22H36O2Si. The van der Waals surface area contributed by atoms with Gasteiger partial charge in [-0.05, 0) is 13.3 Å². The topological polar surface area (TPSA) is 26.3 Å². The van der Waals surface area contributed by atoms with E-state index in [4.69, 9.17) is 4.74 Å². The normalized spacial score (nSPS) is 11.3. The van der Waals surface area contributed by atoms with E-state index >= 15 is 0 Å². The van der Waals surface area contributed by atoms with Crippen molar-refractivity contribution < 1.29 is 9.53 Å². The highest BCUT2D eigenvalue weighted by Crippen LogP contribution is 2.28. The minimum absolute atomic E-state index is 0.261. The lowest BCUT2D eigenvalue weighted by Gasteiger charge is -2.33. The summed E-state index contributed by atoms with van der Waals surface area (Å²) in [6, 6.07) is 15.3. The number of hydrogen-bond donors (Lipinski definition) is 0. The van der Waals surface area contributed by atoms with Gasteiger partial charge >= 0.3 is 5.97 Å². The van der Waals surface area contributed by atoms with Crippen LogP contribution in [0.4, 0.5) is 0 Å². The highest BCUT2D eigenvalue weighted by atomic mass is 28.3. The molecule has 0 heterocycles. The molecule has 0 saturated heterocycles. The fourth-order valence-corrected chi connectivity index (χ4v) is 8.99. The zero-order chi connectivity index (χ0) is 18.5. The molecule has 0 unspecified atom stereocenters. The van der Waals surface area contributed by atoms with Crippen molar-refractivity contribution in [3.05, 3.63) is 42.5 Å². The molecule has 0 saturated carbocycles. The standard InChI is InChI=1S/C22H36O2Si/c1-5-7-17-25(18-8-6-2,21-14-10-9-11-15-21)19-13-12-16-24-22(23)20(3)4/h9-11,14-15H,3,5-8,12-13,16-19H2,1-2,4H3.